The number of nitrogens with two attached hydrogens (primary N) is 1. The van der Waals surface area contributed by atoms with Gasteiger partial charge >= 0.3 is 5.97 Å². The molecule has 1 aliphatic rings. The highest BCUT2D eigenvalue weighted by Gasteiger charge is 2.34. The molecule has 110 valence electrons. The number of hydrogen-bond donors (Lipinski definition) is 1. The molecule has 0 atom stereocenters. The zero-order valence-corrected chi connectivity index (χ0v) is 12.2. The van der Waals surface area contributed by atoms with Crippen LogP contribution in [0.4, 0.5) is 15.8 Å². The van der Waals surface area contributed by atoms with E-state index in [0.29, 0.717) is 5.69 Å². The molecule has 2 N–H and O–H groups in total. The molecule has 1 aromatic rings. The first-order chi connectivity index (χ1) is 9.36. The van der Waals surface area contributed by atoms with Crippen molar-refractivity contribution >= 4 is 17.3 Å². The molecule has 5 heteroatoms. The van der Waals surface area contributed by atoms with Gasteiger partial charge < -0.3 is 15.4 Å². The van der Waals surface area contributed by atoms with Crippen LogP contribution in [0.2, 0.25) is 0 Å². The molecule has 1 heterocycles. The van der Waals surface area contributed by atoms with Crippen LogP contribution in [-0.2, 0) is 4.74 Å². The maximum Gasteiger partial charge on any atom is 0.340 e. The minimum absolute atomic E-state index is 0.113. The van der Waals surface area contributed by atoms with Crippen LogP contribution in [-0.4, -0.2) is 24.7 Å². The summed E-state index contributed by atoms with van der Waals surface area (Å²) in [6.45, 7) is 6.90. The zero-order chi connectivity index (χ0) is 14.9. The van der Waals surface area contributed by atoms with Gasteiger partial charge in [-0.3, -0.25) is 0 Å². The lowest BCUT2D eigenvalue weighted by molar-refractivity contribution is 0.0527. The fraction of sp³-hybridized carbons (Fsp3) is 0.533. The van der Waals surface area contributed by atoms with E-state index in [2.05, 4.69) is 13.8 Å². The second-order valence-electron chi connectivity index (χ2n) is 5.68. The first-order valence-electron chi connectivity index (χ1n) is 6.90. The van der Waals surface area contributed by atoms with Gasteiger partial charge in [-0.2, -0.15) is 0 Å². The van der Waals surface area contributed by atoms with Crippen molar-refractivity contribution in [3.63, 3.8) is 0 Å². The van der Waals surface area contributed by atoms with Crippen molar-refractivity contribution in [1.82, 2.24) is 0 Å². The Balaban J connectivity index is 2.44. The maximum absolute atomic E-state index is 14.2. The number of anilines is 2. The van der Waals surface area contributed by atoms with Crippen molar-refractivity contribution in [2.45, 2.75) is 39.2 Å². The highest BCUT2D eigenvalue weighted by Crippen LogP contribution is 2.36. The summed E-state index contributed by atoms with van der Waals surface area (Å²) in [4.78, 5) is 13.9. The Bertz CT molecular complexity index is 529. The van der Waals surface area contributed by atoms with Gasteiger partial charge in [-0.15, -0.1) is 0 Å². The summed E-state index contributed by atoms with van der Waals surface area (Å²) in [6, 6.07) is 2.71. The number of benzene rings is 1. The first kappa shape index (κ1) is 14.6. The number of carbonyl (C=O) groups is 1. The Labute approximate surface area is 118 Å². The van der Waals surface area contributed by atoms with E-state index in [1.807, 2.05) is 4.90 Å². The van der Waals surface area contributed by atoms with Crippen LogP contribution in [0.25, 0.3) is 0 Å². The molecule has 1 aliphatic heterocycles. The van der Waals surface area contributed by atoms with Crippen LogP contribution in [0, 0.1) is 5.82 Å². The molecule has 0 radical (unpaired) electrons. The van der Waals surface area contributed by atoms with Gasteiger partial charge in [-0.05, 0) is 45.7 Å². The Morgan fingerprint density at radius 1 is 1.50 bits per heavy atom. The van der Waals surface area contributed by atoms with Crippen molar-refractivity contribution in [2.75, 3.05) is 23.8 Å². The van der Waals surface area contributed by atoms with Crippen molar-refractivity contribution in [3.8, 4) is 0 Å². The van der Waals surface area contributed by atoms with E-state index < -0.39 is 11.8 Å². The molecule has 1 saturated heterocycles. The third-order valence-electron chi connectivity index (χ3n) is 3.81. The number of hydrogen-bond acceptors (Lipinski definition) is 4. The van der Waals surface area contributed by atoms with Gasteiger partial charge in [0.15, 0.2) is 0 Å². The number of esters is 1. The Morgan fingerprint density at radius 3 is 2.75 bits per heavy atom. The first-order valence-corrected chi connectivity index (χ1v) is 6.90. The molecule has 1 aromatic carbocycles. The molecule has 0 saturated carbocycles. The van der Waals surface area contributed by atoms with Crippen LogP contribution in [0.15, 0.2) is 12.1 Å². The molecule has 0 unspecified atom stereocenters. The second kappa shape index (κ2) is 5.31. The van der Waals surface area contributed by atoms with Crippen LogP contribution in [0.3, 0.4) is 0 Å². The maximum atomic E-state index is 14.2. The molecular weight excluding hydrogens is 259 g/mol. The van der Waals surface area contributed by atoms with Gasteiger partial charge in [-0.1, -0.05) is 0 Å². The smallest absolute Gasteiger partial charge is 0.340 e. The van der Waals surface area contributed by atoms with Gasteiger partial charge in [0.05, 0.1) is 17.9 Å². The fourth-order valence-corrected chi connectivity index (χ4v) is 2.72. The summed E-state index contributed by atoms with van der Waals surface area (Å²) >= 11 is 0. The summed E-state index contributed by atoms with van der Waals surface area (Å²) in [5.41, 5.74) is 6.37. The minimum Gasteiger partial charge on any atom is -0.462 e. The lowest BCUT2D eigenvalue weighted by atomic mass is 10.0. The van der Waals surface area contributed by atoms with Crippen molar-refractivity contribution < 1.29 is 13.9 Å². The lowest BCUT2D eigenvalue weighted by Crippen LogP contribution is -2.38. The number of nitrogen functional groups attached to an aromatic ring is 1. The summed E-state index contributed by atoms with van der Waals surface area (Å²) in [5.74, 6) is -0.909. The predicted octanol–water partition coefficient (Wildman–Crippen LogP) is 2.96. The Hall–Kier alpha value is -1.78. The molecule has 20 heavy (non-hydrogen) atoms. The number of rotatable bonds is 3. The lowest BCUT2D eigenvalue weighted by Gasteiger charge is -2.34. The predicted molar refractivity (Wildman–Crippen MR) is 77.4 cm³/mol. The molecule has 0 spiro atoms. The summed E-state index contributed by atoms with van der Waals surface area (Å²) < 4.78 is 19.2. The van der Waals surface area contributed by atoms with Crippen LogP contribution >= 0.6 is 0 Å². The molecule has 1 fully saturated rings. The quantitative estimate of drug-likeness (QED) is 0.683. The standard InChI is InChI=1S/C15H21FN2O2/c1-4-20-14(19)10-8-13(11(16)9-12(10)17)18-7-5-6-15(18,2)3/h8-9H,4-7,17H2,1-3H3. The van der Waals surface area contributed by atoms with Gasteiger partial charge in [-0.25, -0.2) is 9.18 Å². The number of carbonyl (C=O) groups excluding carboxylic acids is 1. The Morgan fingerprint density at radius 2 is 2.20 bits per heavy atom. The number of nitrogens with zero attached hydrogens (tertiary/aromatic N) is 1. The highest BCUT2D eigenvalue weighted by atomic mass is 19.1. The molecule has 4 nitrogen and oxygen atoms in total. The Kier molecular flexibility index (Phi) is 3.88. The number of halogens is 1. The molecule has 0 aliphatic carbocycles. The van der Waals surface area contributed by atoms with Crippen molar-refractivity contribution in [2.24, 2.45) is 0 Å². The average molecular weight is 280 g/mol. The molecule has 0 bridgehead atoms. The van der Waals surface area contributed by atoms with Crippen molar-refractivity contribution in [1.29, 1.82) is 0 Å². The van der Waals surface area contributed by atoms with E-state index in [1.54, 1.807) is 6.92 Å². The molecular formula is C15H21FN2O2. The van der Waals surface area contributed by atoms with Crippen molar-refractivity contribution in [3.05, 3.63) is 23.5 Å². The second-order valence-corrected chi connectivity index (χ2v) is 5.68. The van der Waals surface area contributed by atoms with Gasteiger partial charge in [0.1, 0.15) is 5.82 Å². The monoisotopic (exact) mass is 280 g/mol. The summed E-state index contributed by atoms with van der Waals surface area (Å²) in [5, 5.41) is 0. The third kappa shape index (κ3) is 2.57. The zero-order valence-electron chi connectivity index (χ0n) is 12.2. The summed E-state index contributed by atoms with van der Waals surface area (Å²) in [6.07, 6.45) is 2.00. The van der Waals surface area contributed by atoms with Crippen LogP contribution < -0.4 is 10.6 Å². The van der Waals surface area contributed by atoms with E-state index in [9.17, 15) is 9.18 Å². The van der Waals surface area contributed by atoms with E-state index in [-0.39, 0.29) is 23.4 Å². The average Bonchev–Trinajstić information content (AvgIpc) is 2.69. The van der Waals surface area contributed by atoms with E-state index in [4.69, 9.17) is 10.5 Å². The number of ether oxygens (including phenoxy) is 1. The normalized spacial score (nSPS) is 17.3. The molecule has 2 rings (SSSR count). The van der Waals surface area contributed by atoms with E-state index >= 15 is 0 Å². The molecule has 0 amide bonds. The van der Waals surface area contributed by atoms with Gasteiger partial charge in [0.25, 0.3) is 0 Å². The highest BCUT2D eigenvalue weighted by molar-refractivity contribution is 5.96. The van der Waals surface area contributed by atoms with E-state index in [1.165, 1.54) is 12.1 Å². The topological polar surface area (TPSA) is 55.6 Å². The molecule has 0 aromatic heterocycles. The fourth-order valence-electron chi connectivity index (χ4n) is 2.72. The largest absolute Gasteiger partial charge is 0.462 e. The SMILES string of the molecule is CCOC(=O)c1cc(N2CCCC2(C)C)c(F)cc1N. The van der Waals surface area contributed by atoms with Crippen LogP contribution in [0.1, 0.15) is 44.0 Å². The van der Waals surface area contributed by atoms with E-state index in [0.717, 1.165) is 19.4 Å². The van der Waals surface area contributed by atoms with Gasteiger partial charge in [0, 0.05) is 17.8 Å². The van der Waals surface area contributed by atoms with Crippen LogP contribution in [0.5, 0.6) is 0 Å². The third-order valence-corrected chi connectivity index (χ3v) is 3.81. The summed E-state index contributed by atoms with van der Waals surface area (Å²) in [7, 11) is 0. The minimum atomic E-state index is -0.511. The van der Waals surface area contributed by atoms with Gasteiger partial charge in [0.2, 0.25) is 0 Å².